The summed E-state index contributed by atoms with van der Waals surface area (Å²) in [6, 6.07) is 10.3. The number of anilines is 1. The van der Waals surface area contributed by atoms with E-state index in [-0.39, 0.29) is 15.8 Å². The highest BCUT2D eigenvalue weighted by Crippen LogP contribution is 2.28. The number of nitrogens with one attached hydrogen (secondary N) is 1. The van der Waals surface area contributed by atoms with E-state index in [9.17, 15) is 13.2 Å². The molecule has 2 aromatic carbocycles. The molecule has 1 atom stereocenters. The molecule has 1 saturated heterocycles. The third-order valence-electron chi connectivity index (χ3n) is 4.32. The lowest BCUT2D eigenvalue weighted by Crippen LogP contribution is -2.41. The zero-order chi connectivity index (χ0) is 19.6. The number of carbonyl (C=O) groups excluding carboxylic acids is 1. The number of hydrogen-bond acceptors (Lipinski definition) is 5. The Morgan fingerprint density at radius 2 is 1.81 bits per heavy atom. The van der Waals surface area contributed by atoms with Crippen molar-refractivity contribution >= 4 is 33.2 Å². The lowest BCUT2D eigenvalue weighted by Gasteiger charge is -2.18. The first kappa shape index (κ1) is 19.5. The molecule has 7 nitrogen and oxygen atoms in total. The monoisotopic (exact) mass is 410 g/mol. The molecule has 1 amide bonds. The summed E-state index contributed by atoms with van der Waals surface area (Å²) < 4.78 is 37.8. The molecule has 27 heavy (non-hydrogen) atoms. The lowest BCUT2D eigenvalue weighted by molar-refractivity contribution is -0.118. The van der Waals surface area contributed by atoms with Gasteiger partial charge in [0.05, 0.1) is 24.1 Å². The summed E-state index contributed by atoms with van der Waals surface area (Å²) >= 11 is 6.01. The number of halogens is 1. The first-order valence-electron chi connectivity index (χ1n) is 8.17. The van der Waals surface area contributed by atoms with Crippen molar-refractivity contribution in [3.63, 3.8) is 0 Å². The predicted molar refractivity (Wildman–Crippen MR) is 102 cm³/mol. The minimum Gasteiger partial charge on any atom is -0.497 e. The topological polar surface area (TPSA) is 84.9 Å². The number of nitrogens with zero attached hydrogens (tertiary/aromatic N) is 1. The van der Waals surface area contributed by atoms with Gasteiger partial charge in [-0.15, -0.1) is 0 Å². The molecule has 1 aliphatic rings. The number of carbonyl (C=O) groups is 1. The highest BCUT2D eigenvalue weighted by molar-refractivity contribution is 7.89. The normalized spacial score (nSPS) is 17.2. The number of ether oxygens (including phenoxy) is 2. The third-order valence-corrected chi connectivity index (χ3v) is 6.09. The van der Waals surface area contributed by atoms with E-state index in [4.69, 9.17) is 21.1 Å². The average molecular weight is 411 g/mol. The van der Waals surface area contributed by atoms with Gasteiger partial charge in [0.1, 0.15) is 17.5 Å². The predicted octanol–water partition coefficient (Wildman–Crippen LogP) is 2.44. The molecule has 144 valence electrons. The van der Waals surface area contributed by atoms with E-state index < -0.39 is 16.1 Å². The summed E-state index contributed by atoms with van der Waals surface area (Å²) in [5.41, 5.74) is 0.690. The van der Waals surface area contributed by atoms with Crippen molar-refractivity contribution in [2.24, 2.45) is 0 Å². The van der Waals surface area contributed by atoms with Crippen LogP contribution in [0.4, 0.5) is 5.69 Å². The minimum absolute atomic E-state index is 0.0241. The Morgan fingerprint density at radius 1 is 1.11 bits per heavy atom. The van der Waals surface area contributed by atoms with Gasteiger partial charge in [-0.05, 0) is 48.9 Å². The van der Waals surface area contributed by atoms with Gasteiger partial charge in [0, 0.05) is 12.2 Å². The van der Waals surface area contributed by atoms with Crippen LogP contribution in [-0.4, -0.2) is 41.1 Å². The third kappa shape index (κ3) is 4.02. The van der Waals surface area contributed by atoms with Crippen LogP contribution in [0.1, 0.15) is 6.42 Å². The van der Waals surface area contributed by atoms with Crippen LogP contribution in [-0.2, 0) is 14.8 Å². The molecule has 3 rings (SSSR count). The zero-order valence-corrected chi connectivity index (χ0v) is 16.4. The number of rotatable bonds is 6. The Balaban J connectivity index is 1.75. The first-order valence-corrected chi connectivity index (χ1v) is 10.0. The van der Waals surface area contributed by atoms with E-state index in [1.165, 1.54) is 25.3 Å². The second-order valence-corrected chi connectivity index (χ2v) is 8.07. The highest BCUT2D eigenvalue weighted by Gasteiger charge is 2.35. The average Bonchev–Trinajstić information content (AvgIpc) is 3.01. The summed E-state index contributed by atoms with van der Waals surface area (Å²) in [5.74, 6) is 0.751. The molecule has 0 aromatic heterocycles. The van der Waals surface area contributed by atoms with Crippen molar-refractivity contribution in [1.82, 2.24) is 4.72 Å². The number of methoxy groups -OCH3 is 2. The van der Waals surface area contributed by atoms with Crippen LogP contribution in [0, 0.1) is 0 Å². The van der Waals surface area contributed by atoms with Crippen LogP contribution < -0.4 is 19.1 Å². The van der Waals surface area contributed by atoms with Crippen LogP contribution in [0.3, 0.4) is 0 Å². The van der Waals surface area contributed by atoms with Gasteiger partial charge in [-0.1, -0.05) is 11.6 Å². The molecule has 1 unspecified atom stereocenters. The van der Waals surface area contributed by atoms with Crippen molar-refractivity contribution in [2.45, 2.75) is 17.4 Å². The fourth-order valence-electron chi connectivity index (χ4n) is 2.88. The highest BCUT2D eigenvalue weighted by atomic mass is 35.5. The van der Waals surface area contributed by atoms with Crippen LogP contribution in [0.5, 0.6) is 11.5 Å². The molecule has 2 aromatic rings. The van der Waals surface area contributed by atoms with Gasteiger partial charge in [-0.3, -0.25) is 4.79 Å². The van der Waals surface area contributed by atoms with Crippen molar-refractivity contribution in [3.8, 4) is 11.5 Å². The van der Waals surface area contributed by atoms with Crippen molar-refractivity contribution in [2.75, 3.05) is 25.7 Å². The van der Waals surface area contributed by atoms with Crippen molar-refractivity contribution in [1.29, 1.82) is 0 Å². The summed E-state index contributed by atoms with van der Waals surface area (Å²) in [4.78, 5) is 14.2. The van der Waals surface area contributed by atoms with Gasteiger partial charge in [0.2, 0.25) is 15.9 Å². The Morgan fingerprint density at radius 3 is 2.41 bits per heavy atom. The van der Waals surface area contributed by atoms with E-state index in [0.717, 1.165) is 0 Å². The van der Waals surface area contributed by atoms with Crippen LogP contribution in [0.2, 0.25) is 5.02 Å². The second kappa shape index (κ2) is 7.75. The Kier molecular flexibility index (Phi) is 5.59. The summed E-state index contributed by atoms with van der Waals surface area (Å²) in [5, 5.41) is 0.179. The van der Waals surface area contributed by atoms with E-state index in [0.29, 0.717) is 30.2 Å². The molecule has 1 heterocycles. The maximum Gasteiger partial charge on any atom is 0.245 e. The fourth-order valence-corrected chi connectivity index (χ4v) is 4.45. The quantitative estimate of drug-likeness (QED) is 0.790. The standard InChI is InChI=1S/C18H19ClN2O5S/c1-25-13-5-3-12(4-6-13)21-10-9-16(18(21)22)20-27(23,24)14-7-8-17(26-2)15(19)11-14/h3-8,11,16,20H,9-10H2,1-2H3. The van der Waals surface area contributed by atoms with Gasteiger partial charge in [-0.25, -0.2) is 8.42 Å². The van der Waals surface area contributed by atoms with Crippen LogP contribution in [0.15, 0.2) is 47.4 Å². The molecule has 0 spiro atoms. The molecular weight excluding hydrogens is 392 g/mol. The number of amides is 1. The maximum atomic E-state index is 12.7. The second-order valence-electron chi connectivity index (χ2n) is 5.95. The Labute approximate surface area is 162 Å². The van der Waals surface area contributed by atoms with E-state index >= 15 is 0 Å². The van der Waals surface area contributed by atoms with Gasteiger partial charge < -0.3 is 14.4 Å². The summed E-state index contributed by atoms with van der Waals surface area (Å²) in [7, 11) is -0.893. The van der Waals surface area contributed by atoms with E-state index in [1.807, 2.05) is 0 Å². The Bertz CT molecular complexity index is 947. The van der Waals surface area contributed by atoms with E-state index in [2.05, 4.69) is 4.72 Å². The molecule has 0 radical (unpaired) electrons. The summed E-state index contributed by atoms with van der Waals surface area (Å²) in [6.45, 7) is 0.418. The summed E-state index contributed by atoms with van der Waals surface area (Å²) in [6.07, 6.45) is 0.369. The molecule has 1 fully saturated rings. The molecule has 0 aliphatic carbocycles. The largest absolute Gasteiger partial charge is 0.497 e. The SMILES string of the molecule is COc1ccc(N2CCC(NS(=O)(=O)c3ccc(OC)c(Cl)c3)C2=O)cc1. The molecule has 0 saturated carbocycles. The van der Waals surface area contributed by atoms with Gasteiger partial charge in [0.15, 0.2) is 0 Å². The number of hydrogen-bond donors (Lipinski definition) is 1. The van der Waals surface area contributed by atoms with Crippen LogP contribution >= 0.6 is 11.6 Å². The zero-order valence-electron chi connectivity index (χ0n) is 14.8. The lowest BCUT2D eigenvalue weighted by atomic mass is 10.2. The van der Waals surface area contributed by atoms with Crippen molar-refractivity contribution < 1.29 is 22.7 Å². The fraction of sp³-hybridized carbons (Fsp3) is 0.278. The number of sulfonamides is 1. The van der Waals surface area contributed by atoms with Crippen molar-refractivity contribution in [3.05, 3.63) is 47.5 Å². The number of benzene rings is 2. The molecule has 9 heteroatoms. The van der Waals surface area contributed by atoms with Gasteiger partial charge in [-0.2, -0.15) is 4.72 Å². The molecular formula is C18H19ClN2O5S. The maximum absolute atomic E-state index is 12.7. The minimum atomic E-state index is -3.90. The van der Waals surface area contributed by atoms with Gasteiger partial charge >= 0.3 is 0 Å². The molecule has 1 aliphatic heterocycles. The van der Waals surface area contributed by atoms with E-state index in [1.54, 1.807) is 36.3 Å². The smallest absolute Gasteiger partial charge is 0.245 e. The molecule has 1 N–H and O–H groups in total. The van der Waals surface area contributed by atoms with Gasteiger partial charge in [0.25, 0.3) is 0 Å². The van der Waals surface area contributed by atoms with Crippen LogP contribution in [0.25, 0.3) is 0 Å². The first-order chi connectivity index (χ1) is 12.9. The molecule has 0 bridgehead atoms. The Hall–Kier alpha value is -2.29.